The lowest BCUT2D eigenvalue weighted by atomic mass is 10.2. The Morgan fingerprint density at radius 3 is 3.00 bits per heavy atom. The van der Waals surface area contributed by atoms with E-state index in [1.165, 1.54) is 16.9 Å². The van der Waals surface area contributed by atoms with Crippen LogP contribution in [0.15, 0.2) is 35.7 Å². The molecule has 0 saturated carbocycles. The molecule has 5 heteroatoms. The second kappa shape index (κ2) is 8.34. The zero-order chi connectivity index (χ0) is 15.9. The quantitative estimate of drug-likeness (QED) is 0.801. The molecule has 2 aromatic rings. The standard InChI is InChI=1S/C18H23NO3S/c1-20-18-10-14(11-19-12-15-4-2-8-21-15)6-7-17(18)22-13-16-5-3-9-23-16/h3,5-7,9-10,15,19H,2,4,8,11-13H2,1H3. The lowest BCUT2D eigenvalue weighted by Gasteiger charge is -2.13. The van der Waals surface area contributed by atoms with Gasteiger partial charge in [0, 0.05) is 24.6 Å². The minimum absolute atomic E-state index is 0.366. The lowest BCUT2D eigenvalue weighted by molar-refractivity contribution is 0.110. The summed E-state index contributed by atoms with van der Waals surface area (Å²) in [5.41, 5.74) is 1.18. The first-order valence-corrected chi connectivity index (χ1v) is 8.87. The van der Waals surface area contributed by atoms with Gasteiger partial charge in [0.2, 0.25) is 0 Å². The van der Waals surface area contributed by atoms with Crippen molar-refractivity contribution >= 4 is 11.3 Å². The van der Waals surface area contributed by atoms with Crippen LogP contribution in [0.4, 0.5) is 0 Å². The molecule has 1 saturated heterocycles. The third kappa shape index (κ3) is 4.70. The van der Waals surface area contributed by atoms with E-state index in [2.05, 4.69) is 22.8 Å². The lowest BCUT2D eigenvalue weighted by Crippen LogP contribution is -2.25. The monoisotopic (exact) mass is 333 g/mol. The molecule has 1 aromatic carbocycles. The molecule has 0 spiro atoms. The van der Waals surface area contributed by atoms with Gasteiger partial charge in [-0.1, -0.05) is 12.1 Å². The summed E-state index contributed by atoms with van der Waals surface area (Å²) in [5, 5.41) is 5.50. The van der Waals surface area contributed by atoms with E-state index in [0.29, 0.717) is 12.7 Å². The van der Waals surface area contributed by atoms with Crippen molar-refractivity contribution in [1.82, 2.24) is 5.32 Å². The van der Waals surface area contributed by atoms with Crippen molar-refractivity contribution in [3.05, 3.63) is 46.2 Å². The molecule has 1 unspecified atom stereocenters. The van der Waals surface area contributed by atoms with Gasteiger partial charge in [0.1, 0.15) is 6.61 Å². The first-order valence-electron chi connectivity index (χ1n) is 7.99. The second-order valence-corrected chi connectivity index (χ2v) is 6.65. The summed E-state index contributed by atoms with van der Waals surface area (Å²) in [6.07, 6.45) is 2.70. The maximum Gasteiger partial charge on any atom is 0.161 e. The zero-order valence-corrected chi connectivity index (χ0v) is 14.2. The van der Waals surface area contributed by atoms with Crippen LogP contribution >= 0.6 is 11.3 Å². The molecule has 23 heavy (non-hydrogen) atoms. The highest BCUT2D eigenvalue weighted by Gasteiger charge is 2.14. The Kier molecular flexibility index (Phi) is 5.91. The van der Waals surface area contributed by atoms with Crippen LogP contribution < -0.4 is 14.8 Å². The number of hydrogen-bond acceptors (Lipinski definition) is 5. The van der Waals surface area contributed by atoms with Crippen LogP contribution in [0.2, 0.25) is 0 Å². The van der Waals surface area contributed by atoms with Crippen molar-refractivity contribution in [3.8, 4) is 11.5 Å². The first-order chi connectivity index (χ1) is 11.3. The van der Waals surface area contributed by atoms with Crippen LogP contribution in [0, 0.1) is 0 Å². The molecule has 1 N–H and O–H groups in total. The number of ether oxygens (including phenoxy) is 3. The van der Waals surface area contributed by atoms with Crippen molar-refractivity contribution in [2.75, 3.05) is 20.3 Å². The van der Waals surface area contributed by atoms with Gasteiger partial charge in [0.25, 0.3) is 0 Å². The van der Waals surface area contributed by atoms with Gasteiger partial charge in [-0.05, 0) is 42.0 Å². The Morgan fingerprint density at radius 1 is 1.30 bits per heavy atom. The molecule has 124 valence electrons. The maximum absolute atomic E-state index is 5.86. The van der Waals surface area contributed by atoms with Gasteiger partial charge in [-0.2, -0.15) is 0 Å². The second-order valence-electron chi connectivity index (χ2n) is 5.62. The number of methoxy groups -OCH3 is 1. The molecule has 0 aliphatic carbocycles. The topological polar surface area (TPSA) is 39.7 Å². The Balaban J connectivity index is 1.53. The summed E-state index contributed by atoms with van der Waals surface area (Å²) in [6, 6.07) is 10.2. The summed E-state index contributed by atoms with van der Waals surface area (Å²) in [5.74, 6) is 1.56. The van der Waals surface area contributed by atoms with Crippen LogP contribution in [-0.4, -0.2) is 26.4 Å². The summed E-state index contributed by atoms with van der Waals surface area (Å²) >= 11 is 1.69. The summed E-state index contributed by atoms with van der Waals surface area (Å²) in [4.78, 5) is 1.20. The van der Waals surface area contributed by atoms with Gasteiger partial charge in [0.15, 0.2) is 11.5 Å². The Hall–Kier alpha value is -1.56. The third-order valence-electron chi connectivity index (χ3n) is 3.90. The molecular formula is C18H23NO3S. The SMILES string of the molecule is COc1cc(CNCC2CCCO2)ccc1OCc1cccs1. The van der Waals surface area contributed by atoms with E-state index in [-0.39, 0.29) is 0 Å². The van der Waals surface area contributed by atoms with E-state index < -0.39 is 0 Å². The number of thiophene rings is 1. The van der Waals surface area contributed by atoms with Gasteiger partial charge in [-0.25, -0.2) is 0 Å². The number of benzene rings is 1. The van der Waals surface area contributed by atoms with Crippen molar-refractivity contribution in [2.24, 2.45) is 0 Å². The predicted octanol–water partition coefficient (Wildman–Crippen LogP) is 3.60. The zero-order valence-electron chi connectivity index (χ0n) is 13.4. The summed E-state index contributed by atoms with van der Waals surface area (Å²) in [7, 11) is 1.68. The molecule has 0 amide bonds. The Labute approximate surface area is 141 Å². The average Bonchev–Trinajstić information content (AvgIpc) is 3.27. The van der Waals surface area contributed by atoms with Gasteiger partial charge >= 0.3 is 0 Å². The van der Waals surface area contributed by atoms with Crippen LogP contribution in [-0.2, 0) is 17.9 Å². The van der Waals surface area contributed by atoms with E-state index >= 15 is 0 Å². The molecule has 1 aliphatic rings. The number of nitrogens with one attached hydrogen (secondary N) is 1. The number of rotatable bonds is 8. The molecule has 4 nitrogen and oxygen atoms in total. The van der Waals surface area contributed by atoms with E-state index in [0.717, 1.165) is 37.6 Å². The van der Waals surface area contributed by atoms with Crippen molar-refractivity contribution in [1.29, 1.82) is 0 Å². The molecule has 1 aliphatic heterocycles. The maximum atomic E-state index is 5.86. The van der Waals surface area contributed by atoms with Crippen LogP contribution in [0.1, 0.15) is 23.3 Å². The van der Waals surface area contributed by atoms with E-state index in [4.69, 9.17) is 14.2 Å². The molecule has 0 radical (unpaired) electrons. The molecular weight excluding hydrogens is 310 g/mol. The normalized spacial score (nSPS) is 17.3. The smallest absolute Gasteiger partial charge is 0.161 e. The molecule has 1 fully saturated rings. The highest BCUT2D eigenvalue weighted by atomic mass is 32.1. The van der Waals surface area contributed by atoms with Gasteiger partial charge in [0.05, 0.1) is 13.2 Å². The van der Waals surface area contributed by atoms with E-state index in [1.54, 1.807) is 18.4 Å². The third-order valence-corrected chi connectivity index (χ3v) is 4.75. The molecule has 1 aromatic heterocycles. The highest BCUT2D eigenvalue weighted by molar-refractivity contribution is 7.09. The highest BCUT2D eigenvalue weighted by Crippen LogP contribution is 2.29. The molecule has 0 bridgehead atoms. The van der Waals surface area contributed by atoms with Crippen molar-refractivity contribution in [2.45, 2.75) is 32.1 Å². The fraction of sp³-hybridized carbons (Fsp3) is 0.444. The van der Waals surface area contributed by atoms with Crippen molar-refractivity contribution < 1.29 is 14.2 Å². The predicted molar refractivity (Wildman–Crippen MR) is 92.3 cm³/mol. The summed E-state index contributed by atoms with van der Waals surface area (Å²) in [6.45, 7) is 3.18. The average molecular weight is 333 g/mol. The van der Waals surface area contributed by atoms with Crippen LogP contribution in [0.5, 0.6) is 11.5 Å². The van der Waals surface area contributed by atoms with Crippen molar-refractivity contribution in [3.63, 3.8) is 0 Å². The minimum Gasteiger partial charge on any atom is -0.493 e. The Bertz CT molecular complexity index is 594. The van der Waals surface area contributed by atoms with Gasteiger partial charge in [-0.15, -0.1) is 11.3 Å². The van der Waals surface area contributed by atoms with Crippen LogP contribution in [0.25, 0.3) is 0 Å². The van der Waals surface area contributed by atoms with Gasteiger partial charge in [-0.3, -0.25) is 0 Å². The van der Waals surface area contributed by atoms with Gasteiger partial charge < -0.3 is 19.5 Å². The molecule has 1 atom stereocenters. The molecule has 2 heterocycles. The van der Waals surface area contributed by atoms with E-state index in [1.807, 2.05) is 18.2 Å². The minimum atomic E-state index is 0.366. The Morgan fingerprint density at radius 2 is 2.26 bits per heavy atom. The van der Waals surface area contributed by atoms with E-state index in [9.17, 15) is 0 Å². The first kappa shape index (κ1) is 16.3. The fourth-order valence-corrected chi connectivity index (χ4v) is 3.28. The fourth-order valence-electron chi connectivity index (χ4n) is 2.67. The summed E-state index contributed by atoms with van der Waals surface area (Å²) < 4.78 is 16.9. The largest absolute Gasteiger partial charge is 0.493 e. The number of hydrogen-bond donors (Lipinski definition) is 1. The molecule has 3 rings (SSSR count). The van der Waals surface area contributed by atoms with Crippen LogP contribution in [0.3, 0.4) is 0 Å².